The van der Waals surface area contributed by atoms with Crippen LogP contribution in [0.1, 0.15) is 19.3 Å². The Hall–Kier alpha value is -0.750. The molecule has 4 nitrogen and oxygen atoms in total. The van der Waals surface area contributed by atoms with Crippen LogP contribution in [0.2, 0.25) is 0 Å². The molecule has 1 aliphatic rings. The van der Waals surface area contributed by atoms with Crippen molar-refractivity contribution in [2.75, 3.05) is 13.2 Å². The highest BCUT2D eigenvalue weighted by molar-refractivity contribution is 5.81. The van der Waals surface area contributed by atoms with E-state index in [0.29, 0.717) is 18.3 Å². The summed E-state index contributed by atoms with van der Waals surface area (Å²) in [5.41, 5.74) is 2.44. The van der Waals surface area contributed by atoms with E-state index in [2.05, 4.69) is 10.4 Å². The summed E-state index contributed by atoms with van der Waals surface area (Å²) >= 11 is 0. The highest BCUT2D eigenvalue weighted by atomic mass is 19.3. The molecule has 0 unspecified atom stereocenters. The van der Waals surface area contributed by atoms with Gasteiger partial charge < -0.3 is 10.2 Å². The number of nitrogens with zero attached hydrogens (tertiary/aromatic N) is 1. The fourth-order valence-corrected chi connectivity index (χ4v) is 0.939. The maximum atomic E-state index is 11.7. The van der Waals surface area contributed by atoms with Gasteiger partial charge in [0.05, 0.1) is 12.6 Å². The smallest absolute Gasteiger partial charge is 0.261 e. The molecule has 0 atom stereocenters. The minimum absolute atomic E-state index is 0.222. The van der Waals surface area contributed by atoms with Crippen LogP contribution in [-0.2, 0) is 4.74 Å². The zero-order valence-corrected chi connectivity index (χ0v) is 7.88. The number of hydrogen-bond acceptors (Lipinski definition) is 3. The van der Waals surface area contributed by atoms with E-state index in [-0.39, 0.29) is 6.61 Å². The average Bonchev–Trinajstić information content (AvgIpc) is 2.93. The summed E-state index contributed by atoms with van der Waals surface area (Å²) in [6, 6.07) is 0.371. The number of hydrazine groups is 1. The minimum atomic E-state index is -2.41. The van der Waals surface area contributed by atoms with Gasteiger partial charge in [0.2, 0.25) is 0 Å². The largest absolute Gasteiger partial charge is 0.375 e. The monoisotopic (exact) mass is 207 g/mol. The molecule has 0 aromatic rings. The number of nitrogens with two attached hydrogens (primary N) is 1. The van der Waals surface area contributed by atoms with Gasteiger partial charge in [0.15, 0.2) is 0 Å². The zero-order chi connectivity index (χ0) is 10.4. The van der Waals surface area contributed by atoms with Gasteiger partial charge in [0, 0.05) is 6.42 Å². The lowest BCUT2D eigenvalue weighted by Crippen LogP contribution is -2.31. The summed E-state index contributed by atoms with van der Waals surface area (Å²) in [6.07, 6.45) is 0.218. The molecular weight excluding hydrogens is 192 g/mol. The number of amidine groups is 1. The second-order valence-corrected chi connectivity index (χ2v) is 3.17. The van der Waals surface area contributed by atoms with Crippen molar-refractivity contribution in [1.29, 1.82) is 0 Å². The van der Waals surface area contributed by atoms with Crippen LogP contribution in [-0.4, -0.2) is 31.5 Å². The molecule has 14 heavy (non-hydrogen) atoms. The molecule has 82 valence electrons. The molecule has 6 heteroatoms. The van der Waals surface area contributed by atoms with E-state index < -0.39 is 13.0 Å². The van der Waals surface area contributed by atoms with E-state index in [1.165, 1.54) is 0 Å². The normalized spacial score (nSPS) is 17.6. The third-order valence-electron chi connectivity index (χ3n) is 1.78. The van der Waals surface area contributed by atoms with Crippen molar-refractivity contribution >= 4 is 5.84 Å². The molecule has 0 saturated heterocycles. The maximum absolute atomic E-state index is 11.7. The van der Waals surface area contributed by atoms with Gasteiger partial charge in [-0.25, -0.2) is 14.6 Å². The van der Waals surface area contributed by atoms with Gasteiger partial charge in [-0.3, -0.25) is 4.99 Å². The molecule has 1 fully saturated rings. The molecule has 0 aromatic carbocycles. The van der Waals surface area contributed by atoms with Crippen molar-refractivity contribution in [1.82, 2.24) is 5.43 Å². The highest BCUT2D eigenvalue weighted by Crippen LogP contribution is 2.23. The summed E-state index contributed by atoms with van der Waals surface area (Å²) in [6.45, 7) is -0.304. The number of hydrogen-bond donors (Lipinski definition) is 2. The van der Waals surface area contributed by atoms with Crippen molar-refractivity contribution < 1.29 is 13.5 Å². The Balaban J connectivity index is 2.08. The van der Waals surface area contributed by atoms with Gasteiger partial charge in [-0.05, 0) is 12.8 Å². The number of rotatable bonds is 6. The van der Waals surface area contributed by atoms with Crippen LogP contribution in [0.4, 0.5) is 8.78 Å². The van der Waals surface area contributed by atoms with Crippen LogP contribution in [0.25, 0.3) is 0 Å². The van der Waals surface area contributed by atoms with E-state index in [9.17, 15) is 8.78 Å². The molecule has 0 bridgehead atoms. The molecule has 1 aliphatic carbocycles. The van der Waals surface area contributed by atoms with E-state index >= 15 is 0 Å². The topological polar surface area (TPSA) is 59.6 Å². The van der Waals surface area contributed by atoms with Crippen LogP contribution < -0.4 is 11.3 Å². The predicted molar refractivity (Wildman–Crippen MR) is 49.2 cm³/mol. The van der Waals surface area contributed by atoms with Crippen molar-refractivity contribution in [3.8, 4) is 0 Å². The van der Waals surface area contributed by atoms with Crippen LogP contribution >= 0.6 is 0 Å². The Bertz CT molecular complexity index is 195. The van der Waals surface area contributed by atoms with Crippen LogP contribution in [0.3, 0.4) is 0 Å². The third-order valence-corrected chi connectivity index (χ3v) is 1.78. The molecular formula is C8H15F2N3O. The first-order chi connectivity index (χ1) is 6.72. The van der Waals surface area contributed by atoms with Crippen molar-refractivity contribution in [3.63, 3.8) is 0 Å². The minimum Gasteiger partial charge on any atom is -0.375 e. The lowest BCUT2D eigenvalue weighted by molar-refractivity contribution is 0.0200. The Morgan fingerprint density at radius 3 is 2.79 bits per heavy atom. The van der Waals surface area contributed by atoms with E-state index in [1.54, 1.807) is 0 Å². The van der Waals surface area contributed by atoms with Crippen molar-refractivity contribution in [3.05, 3.63) is 0 Å². The second kappa shape index (κ2) is 5.87. The standard InChI is InChI=1S/C8H15F2N3O/c9-7(10)5-14-4-3-8(13-11)12-6-1-2-6/h6-7H,1-5,11H2,(H,12,13). The van der Waals surface area contributed by atoms with Crippen molar-refractivity contribution in [2.45, 2.75) is 31.7 Å². The zero-order valence-electron chi connectivity index (χ0n) is 7.88. The van der Waals surface area contributed by atoms with Gasteiger partial charge in [-0.1, -0.05) is 0 Å². The molecule has 0 radical (unpaired) electrons. The number of alkyl halides is 2. The van der Waals surface area contributed by atoms with E-state index in [0.717, 1.165) is 12.8 Å². The number of nitrogens with one attached hydrogen (secondary N) is 1. The summed E-state index contributed by atoms with van der Waals surface area (Å²) in [7, 11) is 0. The van der Waals surface area contributed by atoms with Gasteiger partial charge in [0.1, 0.15) is 12.4 Å². The van der Waals surface area contributed by atoms with E-state index in [1.807, 2.05) is 0 Å². The van der Waals surface area contributed by atoms with Crippen LogP contribution in [0.5, 0.6) is 0 Å². The quantitative estimate of drug-likeness (QED) is 0.221. The molecule has 0 heterocycles. The summed E-state index contributed by atoms with van der Waals surface area (Å²) < 4.78 is 28.0. The van der Waals surface area contributed by atoms with Gasteiger partial charge in [0.25, 0.3) is 6.43 Å². The summed E-state index contributed by atoms with van der Waals surface area (Å²) in [5.74, 6) is 5.83. The fourth-order valence-electron chi connectivity index (χ4n) is 0.939. The Morgan fingerprint density at radius 2 is 2.29 bits per heavy atom. The Labute approximate surface area is 81.5 Å². The van der Waals surface area contributed by atoms with Crippen molar-refractivity contribution in [2.24, 2.45) is 10.8 Å². The molecule has 3 N–H and O–H groups in total. The first kappa shape index (κ1) is 11.3. The van der Waals surface area contributed by atoms with Gasteiger partial charge in [-0.2, -0.15) is 0 Å². The van der Waals surface area contributed by atoms with E-state index in [4.69, 9.17) is 10.6 Å². The SMILES string of the molecule is NNC(CCOCC(F)F)=NC1CC1. The maximum Gasteiger partial charge on any atom is 0.261 e. The lowest BCUT2D eigenvalue weighted by atomic mass is 10.4. The second-order valence-electron chi connectivity index (χ2n) is 3.17. The molecule has 0 aliphatic heterocycles. The molecule has 0 amide bonds. The summed E-state index contributed by atoms with van der Waals surface area (Å²) in [4.78, 5) is 4.24. The number of aliphatic imine (C=N–C) groups is 1. The van der Waals surface area contributed by atoms with Gasteiger partial charge >= 0.3 is 0 Å². The first-order valence-electron chi connectivity index (χ1n) is 4.61. The van der Waals surface area contributed by atoms with Crippen LogP contribution in [0, 0.1) is 0 Å². The highest BCUT2D eigenvalue weighted by Gasteiger charge is 2.20. The lowest BCUT2D eigenvalue weighted by Gasteiger charge is -2.06. The number of halogens is 2. The third kappa shape index (κ3) is 5.08. The fraction of sp³-hybridized carbons (Fsp3) is 0.875. The molecule has 0 spiro atoms. The van der Waals surface area contributed by atoms with Crippen LogP contribution in [0.15, 0.2) is 4.99 Å². The van der Waals surface area contributed by atoms with Gasteiger partial charge in [-0.15, -0.1) is 0 Å². The Kier molecular flexibility index (Phi) is 4.75. The molecule has 1 rings (SSSR count). The average molecular weight is 207 g/mol. The Morgan fingerprint density at radius 1 is 1.57 bits per heavy atom. The molecule has 1 saturated carbocycles. The first-order valence-corrected chi connectivity index (χ1v) is 4.61. The molecule has 0 aromatic heterocycles. The summed E-state index contributed by atoms with van der Waals surface area (Å²) in [5, 5.41) is 0. The number of ether oxygens (including phenoxy) is 1. The predicted octanol–water partition coefficient (Wildman–Crippen LogP) is 0.682.